The summed E-state index contributed by atoms with van der Waals surface area (Å²) < 4.78 is 39.4. The van der Waals surface area contributed by atoms with E-state index in [4.69, 9.17) is 17.3 Å². The minimum atomic E-state index is -3.70. The molecule has 2 aromatic carbocycles. The number of anilines is 2. The average molecular weight is 315 g/mol. The molecule has 0 atom stereocenters. The lowest BCUT2D eigenvalue weighted by atomic mass is 10.2. The van der Waals surface area contributed by atoms with Gasteiger partial charge in [0.05, 0.1) is 11.4 Å². The molecule has 3 N–H and O–H groups in total. The molecular weight excluding hydrogens is 303 g/mol. The predicted octanol–water partition coefficient (Wildman–Crippen LogP) is 3.00. The molecule has 0 unspecified atom stereocenters. The Hall–Kier alpha value is -1.79. The second kappa shape index (κ2) is 5.68. The van der Waals surface area contributed by atoms with Crippen molar-refractivity contribution in [2.75, 3.05) is 10.5 Å². The highest BCUT2D eigenvalue weighted by atomic mass is 35.5. The first-order chi connectivity index (χ1) is 9.35. The standard InChI is InChI=1S/C13H12ClFN2O2S/c14-10-5-11(15)7-12(6-10)17-20(18,19)8-9-3-1-2-4-13(9)16/h1-7,17H,8,16H2. The molecule has 0 radical (unpaired) electrons. The molecule has 2 rings (SSSR count). The molecule has 4 nitrogen and oxygen atoms in total. The summed E-state index contributed by atoms with van der Waals surface area (Å²) in [4.78, 5) is 0. The lowest BCUT2D eigenvalue weighted by Gasteiger charge is -2.10. The van der Waals surface area contributed by atoms with Gasteiger partial charge < -0.3 is 5.73 Å². The fourth-order valence-electron chi connectivity index (χ4n) is 1.70. The third-order valence-electron chi connectivity index (χ3n) is 2.54. The summed E-state index contributed by atoms with van der Waals surface area (Å²) in [7, 11) is -3.70. The topological polar surface area (TPSA) is 72.2 Å². The van der Waals surface area contributed by atoms with Crippen molar-refractivity contribution >= 4 is 33.0 Å². The molecule has 0 saturated heterocycles. The molecule has 7 heteroatoms. The first-order valence-electron chi connectivity index (χ1n) is 5.66. The van der Waals surface area contributed by atoms with Crippen molar-refractivity contribution in [3.63, 3.8) is 0 Å². The molecule has 0 aromatic heterocycles. The largest absolute Gasteiger partial charge is 0.398 e. The van der Waals surface area contributed by atoms with E-state index in [-0.39, 0.29) is 16.5 Å². The number of benzene rings is 2. The van der Waals surface area contributed by atoms with Crippen LogP contribution in [0.15, 0.2) is 42.5 Å². The van der Waals surface area contributed by atoms with Gasteiger partial charge in [0.25, 0.3) is 0 Å². The number of nitrogen functional groups attached to an aromatic ring is 1. The molecular formula is C13H12ClFN2O2S. The van der Waals surface area contributed by atoms with Crippen molar-refractivity contribution in [2.24, 2.45) is 0 Å². The predicted molar refractivity (Wildman–Crippen MR) is 78.5 cm³/mol. The quantitative estimate of drug-likeness (QED) is 0.852. The Kier molecular flexibility index (Phi) is 4.15. The number of hydrogen-bond donors (Lipinski definition) is 2. The maximum absolute atomic E-state index is 13.2. The smallest absolute Gasteiger partial charge is 0.236 e. The fraction of sp³-hybridized carbons (Fsp3) is 0.0769. The zero-order valence-electron chi connectivity index (χ0n) is 10.3. The van der Waals surface area contributed by atoms with E-state index < -0.39 is 15.8 Å². The minimum absolute atomic E-state index is 0.0736. The van der Waals surface area contributed by atoms with E-state index in [0.717, 1.165) is 12.1 Å². The number of nitrogens with one attached hydrogen (secondary N) is 1. The number of para-hydroxylation sites is 1. The van der Waals surface area contributed by atoms with Crippen LogP contribution in [-0.4, -0.2) is 8.42 Å². The van der Waals surface area contributed by atoms with Crippen molar-refractivity contribution in [3.8, 4) is 0 Å². The highest BCUT2D eigenvalue weighted by molar-refractivity contribution is 7.91. The van der Waals surface area contributed by atoms with E-state index in [9.17, 15) is 12.8 Å². The molecule has 0 spiro atoms. The number of halogens is 2. The lowest BCUT2D eigenvalue weighted by molar-refractivity contribution is 0.600. The van der Waals surface area contributed by atoms with Crippen molar-refractivity contribution in [1.29, 1.82) is 0 Å². The summed E-state index contributed by atoms with van der Waals surface area (Å²) in [6, 6.07) is 10.1. The van der Waals surface area contributed by atoms with E-state index >= 15 is 0 Å². The summed E-state index contributed by atoms with van der Waals surface area (Å²) in [5, 5.41) is 0.113. The van der Waals surface area contributed by atoms with Gasteiger partial charge in [-0.2, -0.15) is 0 Å². The van der Waals surface area contributed by atoms with Crippen molar-refractivity contribution in [2.45, 2.75) is 5.75 Å². The van der Waals surface area contributed by atoms with Crippen LogP contribution in [0.3, 0.4) is 0 Å². The number of sulfonamides is 1. The van der Waals surface area contributed by atoms with Gasteiger partial charge in [-0.1, -0.05) is 29.8 Å². The monoisotopic (exact) mass is 314 g/mol. The molecule has 0 amide bonds. The van der Waals surface area contributed by atoms with E-state index in [1.165, 1.54) is 6.07 Å². The maximum Gasteiger partial charge on any atom is 0.236 e. The van der Waals surface area contributed by atoms with Gasteiger partial charge in [0.15, 0.2) is 0 Å². The Morgan fingerprint density at radius 3 is 2.55 bits per heavy atom. The van der Waals surface area contributed by atoms with Crippen LogP contribution >= 0.6 is 11.6 Å². The van der Waals surface area contributed by atoms with Crippen LogP contribution in [0.2, 0.25) is 5.02 Å². The zero-order chi connectivity index (χ0) is 14.8. The van der Waals surface area contributed by atoms with Gasteiger partial charge >= 0.3 is 0 Å². The summed E-state index contributed by atoms with van der Waals surface area (Å²) in [5.74, 6) is -0.914. The molecule has 0 aliphatic rings. The molecule has 20 heavy (non-hydrogen) atoms. The number of rotatable bonds is 4. The van der Waals surface area contributed by atoms with Crippen molar-refractivity contribution in [1.82, 2.24) is 0 Å². The van der Waals surface area contributed by atoms with Crippen LogP contribution in [0.1, 0.15) is 5.56 Å². The third-order valence-corrected chi connectivity index (χ3v) is 3.99. The third kappa shape index (κ3) is 3.85. The first kappa shape index (κ1) is 14.6. The summed E-state index contributed by atoms with van der Waals surface area (Å²) >= 11 is 5.67. The van der Waals surface area contributed by atoms with Gasteiger partial charge in [-0.15, -0.1) is 0 Å². The van der Waals surface area contributed by atoms with E-state index in [1.54, 1.807) is 24.3 Å². The van der Waals surface area contributed by atoms with Crippen LogP contribution in [0.5, 0.6) is 0 Å². The van der Waals surface area contributed by atoms with Gasteiger partial charge in [-0.05, 0) is 29.8 Å². The Morgan fingerprint density at radius 2 is 1.90 bits per heavy atom. The van der Waals surface area contributed by atoms with Gasteiger partial charge in [0.2, 0.25) is 10.0 Å². The second-order valence-corrected chi connectivity index (χ2v) is 6.38. The van der Waals surface area contributed by atoms with Crippen LogP contribution in [0.25, 0.3) is 0 Å². The normalized spacial score (nSPS) is 11.3. The van der Waals surface area contributed by atoms with Crippen LogP contribution in [-0.2, 0) is 15.8 Å². The molecule has 0 heterocycles. The number of nitrogens with two attached hydrogens (primary N) is 1. The Bertz CT molecular complexity index is 715. The summed E-state index contributed by atoms with van der Waals surface area (Å²) in [6.07, 6.45) is 0. The van der Waals surface area contributed by atoms with Gasteiger partial charge in [0.1, 0.15) is 5.82 Å². The zero-order valence-corrected chi connectivity index (χ0v) is 11.9. The van der Waals surface area contributed by atoms with Gasteiger partial charge in [-0.3, -0.25) is 4.72 Å². The molecule has 0 aliphatic heterocycles. The summed E-state index contributed by atoms with van der Waals surface area (Å²) in [6.45, 7) is 0. The second-order valence-electron chi connectivity index (χ2n) is 4.22. The highest BCUT2D eigenvalue weighted by Crippen LogP contribution is 2.21. The van der Waals surface area contributed by atoms with Gasteiger partial charge in [0, 0.05) is 10.7 Å². The Morgan fingerprint density at radius 1 is 1.20 bits per heavy atom. The molecule has 0 bridgehead atoms. The Balaban J connectivity index is 2.21. The molecule has 2 aromatic rings. The maximum atomic E-state index is 13.2. The van der Waals surface area contributed by atoms with E-state index in [1.807, 2.05) is 0 Å². The molecule has 0 saturated carbocycles. The summed E-state index contributed by atoms with van der Waals surface area (Å²) in [5.41, 5.74) is 6.63. The molecule has 106 valence electrons. The van der Waals surface area contributed by atoms with Crippen molar-refractivity contribution in [3.05, 3.63) is 58.9 Å². The molecule has 0 fully saturated rings. The van der Waals surface area contributed by atoms with E-state index in [0.29, 0.717) is 11.3 Å². The number of hydrogen-bond acceptors (Lipinski definition) is 3. The van der Waals surface area contributed by atoms with Crippen molar-refractivity contribution < 1.29 is 12.8 Å². The van der Waals surface area contributed by atoms with E-state index in [2.05, 4.69) is 4.72 Å². The molecule has 0 aliphatic carbocycles. The lowest BCUT2D eigenvalue weighted by Crippen LogP contribution is -2.16. The van der Waals surface area contributed by atoms with Crippen LogP contribution in [0, 0.1) is 5.82 Å². The average Bonchev–Trinajstić information content (AvgIpc) is 2.29. The SMILES string of the molecule is Nc1ccccc1CS(=O)(=O)Nc1cc(F)cc(Cl)c1. The fourth-order valence-corrected chi connectivity index (χ4v) is 3.14. The van der Waals surface area contributed by atoms with Gasteiger partial charge in [-0.25, -0.2) is 12.8 Å². The first-order valence-corrected chi connectivity index (χ1v) is 7.69. The highest BCUT2D eigenvalue weighted by Gasteiger charge is 2.14. The Labute approximate surface area is 121 Å². The minimum Gasteiger partial charge on any atom is -0.398 e. The van der Waals surface area contributed by atoms with Crippen LogP contribution < -0.4 is 10.5 Å². The van der Waals surface area contributed by atoms with Crippen LogP contribution in [0.4, 0.5) is 15.8 Å².